The van der Waals surface area contributed by atoms with Crippen molar-refractivity contribution in [2.24, 2.45) is 5.73 Å². The molecule has 0 unspecified atom stereocenters. The van der Waals surface area contributed by atoms with Crippen LogP contribution < -0.4 is 5.73 Å². The van der Waals surface area contributed by atoms with E-state index in [4.69, 9.17) is 10.8 Å². The number of carbonyl (C=O) groups is 2. The summed E-state index contributed by atoms with van der Waals surface area (Å²) in [7, 11) is 1.29. The monoisotopic (exact) mass is 270 g/mol. The molecule has 1 aromatic rings. The van der Waals surface area contributed by atoms with E-state index in [1.165, 1.54) is 18.9 Å². The molecule has 0 saturated heterocycles. The van der Waals surface area contributed by atoms with Crippen molar-refractivity contribution < 1.29 is 19.4 Å². The SMILES string of the molecule is COC(=O)c1cccc(CSC[C@H](N)C(=O)O)n1. The maximum atomic E-state index is 11.2. The fourth-order valence-corrected chi connectivity index (χ4v) is 2.02. The zero-order valence-corrected chi connectivity index (χ0v) is 10.6. The highest BCUT2D eigenvalue weighted by Gasteiger charge is 2.12. The van der Waals surface area contributed by atoms with Crippen molar-refractivity contribution in [1.29, 1.82) is 0 Å². The highest BCUT2D eigenvalue weighted by molar-refractivity contribution is 7.98. The van der Waals surface area contributed by atoms with E-state index in [0.29, 0.717) is 17.2 Å². The zero-order chi connectivity index (χ0) is 13.5. The van der Waals surface area contributed by atoms with Gasteiger partial charge in [-0.25, -0.2) is 9.78 Å². The van der Waals surface area contributed by atoms with Gasteiger partial charge < -0.3 is 15.6 Å². The number of hydrogen-bond acceptors (Lipinski definition) is 6. The fourth-order valence-electron chi connectivity index (χ4n) is 1.14. The van der Waals surface area contributed by atoms with Gasteiger partial charge in [0.05, 0.1) is 12.8 Å². The number of carboxylic acids is 1. The van der Waals surface area contributed by atoms with E-state index in [9.17, 15) is 9.59 Å². The highest BCUT2D eigenvalue weighted by Crippen LogP contribution is 2.12. The second-order valence-corrected chi connectivity index (χ2v) is 4.50. The Morgan fingerprint density at radius 3 is 2.89 bits per heavy atom. The summed E-state index contributed by atoms with van der Waals surface area (Å²) >= 11 is 1.35. The van der Waals surface area contributed by atoms with Crippen molar-refractivity contribution in [2.45, 2.75) is 11.8 Å². The summed E-state index contributed by atoms with van der Waals surface area (Å²) in [6.45, 7) is 0. The molecule has 0 spiro atoms. The van der Waals surface area contributed by atoms with Gasteiger partial charge in [0.1, 0.15) is 11.7 Å². The average Bonchev–Trinajstić information content (AvgIpc) is 2.37. The van der Waals surface area contributed by atoms with Crippen LogP contribution in [0.3, 0.4) is 0 Å². The molecule has 1 atom stereocenters. The normalized spacial score (nSPS) is 11.9. The van der Waals surface area contributed by atoms with Crippen LogP contribution in [-0.2, 0) is 15.3 Å². The second-order valence-electron chi connectivity index (χ2n) is 3.47. The Kier molecular flexibility index (Phi) is 5.60. The van der Waals surface area contributed by atoms with Crippen molar-refractivity contribution in [2.75, 3.05) is 12.9 Å². The Hall–Kier alpha value is -1.60. The molecule has 3 N–H and O–H groups in total. The number of rotatable bonds is 6. The van der Waals surface area contributed by atoms with Crippen molar-refractivity contribution >= 4 is 23.7 Å². The Balaban J connectivity index is 2.53. The minimum Gasteiger partial charge on any atom is -0.480 e. The van der Waals surface area contributed by atoms with Crippen LogP contribution >= 0.6 is 11.8 Å². The van der Waals surface area contributed by atoms with Gasteiger partial charge in [-0.2, -0.15) is 11.8 Å². The lowest BCUT2D eigenvalue weighted by atomic mass is 10.3. The number of aliphatic carboxylic acids is 1. The molecule has 0 bridgehead atoms. The number of carbonyl (C=O) groups excluding carboxylic acids is 1. The smallest absolute Gasteiger partial charge is 0.356 e. The van der Waals surface area contributed by atoms with Crippen LogP contribution in [0, 0.1) is 0 Å². The summed E-state index contributed by atoms with van der Waals surface area (Å²) in [5.41, 5.74) is 6.28. The third-order valence-corrected chi connectivity index (χ3v) is 3.16. The molecule has 0 radical (unpaired) electrons. The third kappa shape index (κ3) is 4.34. The first kappa shape index (κ1) is 14.5. The first-order chi connectivity index (χ1) is 8.54. The molecule has 1 aromatic heterocycles. The highest BCUT2D eigenvalue weighted by atomic mass is 32.2. The molecule has 0 aliphatic heterocycles. The largest absolute Gasteiger partial charge is 0.480 e. The molecule has 0 fully saturated rings. The average molecular weight is 270 g/mol. The van der Waals surface area contributed by atoms with Crippen molar-refractivity contribution in [3.05, 3.63) is 29.6 Å². The predicted octanol–water partition coefficient (Wildman–Crippen LogP) is 0.513. The summed E-state index contributed by atoms with van der Waals surface area (Å²) in [6, 6.07) is 4.12. The van der Waals surface area contributed by atoms with Gasteiger partial charge >= 0.3 is 11.9 Å². The van der Waals surface area contributed by atoms with Gasteiger partial charge in [-0.1, -0.05) is 6.07 Å². The van der Waals surface area contributed by atoms with E-state index in [1.54, 1.807) is 18.2 Å². The van der Waals surface area contributed by atoms with Crippen LogP contribution in [0.5, 0.6) is 0 Å². The van der Waals surface area contributed by atoms with Gasteiger partial charge in [-0.05, 0) is 12.1 Å². The molecule has 18 heavy (non-hydrogen) atoms. The molecule has 0 amide bonds. The number of ether oxygens (including phenoxy) is 1. The molecule has 0 aliphatic carbocycles. The Bertz CT molecular complexity index is 439. The van der Waals surface area contributed by atoms with E-state index in [1.807, 2.05) is 0 Å². The molecule has 0 aromatic carbocycles. The Morgan fingerprint density at radius 2 is 2.28 bits per heavy atom. The van der Waals surface area contributed by atoms with E-state index in [0.717, 1.165) is 0 Å². The molecule has 0 saturated carbocycles. The van der Waals surface area contributed by atoms with Gasteiger partial charge in [0.15, 0.2) is 0 Å². The Morgan fingerprint density at radius 1 is 1.56 bits per heavy atom. The number of methoxy groups -OCH3 is 1. The molecule has 1 heterocycles. The minimum absolute atomic E-state index is 0.234. The van der Waals surface area contributed by atoms with Crippen LogP contribution in [0.25, 0.3) is 0 Å². The number of aromatic nitrogens is 1. The van der Waals surface area contributed by atoms with Gasteiger partial charge in [0.2, 0.25) is 0 Å². The molecular formula is C11H14N2O4S. The van der Waals surface area contributed by atoms with Gasteiger partial charge in [0.25, 0.3) is 0 Å². The number of pyridine rings is 1. The lowest BCUT2D eigenvalue weighted by Gasteiger charge is -2.06. The minimum atomic E-state index is -1.03. The first-order valence-electron chi connectivity index (χ1n) is 5.15. The summed E-state index contributed by atoms with van der Waals surface area (Å²) in [4.78, 5) is 25.9. The number of hydrogen-bond donors (Lipinski definition) is 2. The molecule has 1 rings (SSSR count). The predicted molar refractivity (Wildman–Crippen MR) is 67.3 cm³/mol. The topological polar surface area (TPSA) is 103 Å². The molecular weight excluding hydrogens is 256 g/mol. The van der Waals surface area contributed by atoms with E-state index in [2.05, 4.69) is 9.72 Å². The Labute approximate surface area is 109 Å². The summed E-state index contributed by atoms with van der Waals surface area (Å²) in [5, 5.41) is 8.61. The number of thioether (sulfide) groups is 1. The van der Waals surface area contributed by atoms with Crippen LogP contribution in [0.2, 0.25) is 0 Å². The molecule has 6 nitrogen and oxygen atoms in total. The van der Waals surface area contributed by atoms with Crippen molar-refractivity contribution in [3.8, 4) is 0 Å². The maximum absolute atomic E-state index is 11.2. The summed E-state index contributed by atoms with van der Waals surface area (Å²) in [5.74, 6) is -0.742. The number of nitrogens with two attached hydrogens (primary N) is 1. The van der Waals surface area contributed by atoms with Crippen molar-refractivity contribution in [3.63, 3.8) is 0 Å². The molecule has 7 heteroatoms. The number of carboxylic acid groups (broad SMARTS) is 1. The van der Waals surface area contributed by atoms with Crippen LogP contribution in [0.1, 0.15) is 16.2 Å². The zero-order valence-electron chi connectivity index (χ0n) is 9.83. The fraction of sp³-hybridized carbons (Fsp3) is 0.364. The lowest BCUT2D eigenvalue weighted by Crippen LogP contribution is -2.32. The number of esters is 1. The van der Waals surface area contributed by atoms with Crippen LogP contribution in [-0.4, -0.2) is 40.9 Å². The molecule has 0 aliphatic rings. The number of nitrogens with zero attached hydrogens (tertiary/aromatic N) is 1. The van der Waals surface area contributed by atoms with Crippen LogP contribution in [0.4, 0.5) is 0 Å². The first-order valence-corrected chi connectivity index (χ1v) is 6.30. The molecule has 98 valence electrons. The summed E-state index contributed by atoms with van der Waals surface area (Å²) in [6.07, 6.45) is 0. The van der Waals surface area contributed by atoms with Gasteiger partial charge in [-0.15, -0.1) is 0 Å². The van der Waals surface area contributed by atoms with Gasteiger partial charge in [0, 0.05) is 11.5 Å². The third-order valence-electron chi connectivity index (χ3n) is 2.07. The van der Waals surface area contributed by atoms with Crippen LogP contribution in [0.15, 0.2) is 18.2 Å². The maximum Gasteiger partial charge on any atom is 0.356 e. The summed E-state index contributed by atoms with van der Waals surface area (Å²) < 4.78 is 4.56. The van der Waals surface area contributed by atoms with Gasteiger partial charge in [-0.3, -0.25) is 4.79 Å². The van der Waals surface area contributed by atoms with E-state index in [-0.39, 0.29) is 5.69 Å². The van der Waals surface area contributed by atoms with Crippen molar-refractivity contribution in [1.82, 2.24) is 4.98 Å². The quantitative estimate of drug-likeness (QED) is 0.726. The van der Waals surface area contributed by atoms with E-state index < -0.39 is 18.0 Å². The lowest BCUT2D eigenvalue weighted by molar-refractivity contribution is -0.137. The van der Waals surface area contributed by atoms with E-state index >= 15 is 0 Å². The second kappa shape index (κ2) is 6.97. The standard InChI is InChI=1S/C11H14N2O4S/c1-17-11(16)9-4-2-3-7(13-9)5-18-6-8(12)10(14)15/h2-4,8H,5-6,12H2,1H3,(H,14,15)/t8-/m0/s1.